The molecule has 148 valence electrons. The number of H-pyrrole nitrogens is 1. The maximum atomic E-state index is 14.1. The summed E-state index contributed by atoms with van der Waals surface area (Å²) in [5.74, 6) is -1.04. The van der Waals surface area contributed by atoms with Crippen LogP contribution in [0.3, 0.4) is 0 Å². The molecule has 12 heteroatoms. The van der Waals surface area contributed by atoms with Gasteiger partial charge in [-0.2, -0.15) is 5.10 Å². The van der Waals surface area contributed by atoms with Gasteiger partial charge in [0.15, 0.2) is 10.3 Å². The Morgan fingerprint density at radius 2 is 2.03 bits per heavy atom. The van der Waals surface area contributed by atoms with Crippen molar-refractivity contribution < 1.29 is 13.6 Å². The van der Waals surface area contributed by atoms with E-state index in [4.69, 9.17) is 0 Å². The van der Waals surface area contributed by atoms with Gasteiger partial charge in [-0.05, 0) is 36.0 Å². The summed E-state index contributed by atoms with van der Waals surface area (Å²) in [7, 11) is 0. The number of rotatable bonds is 5. The smallest absolute Gasteiger partial charge is 0.277 e. The number of aromatic amines is 1. The minimum atomic E-state index is -0.711. The Morgan fingerprint density at radius 3 is 2.76 bits per heavy atom. The standard InChI is InChI=1S/C17H12F2N6OS3/c18-9-1-2-11(10(19)7-9)28-12-3-4-13(29-17-21-8-22-25-17)23-14(12)15(26)24-16-20-5-6-27-16/h1-4,7-8H,5-6H2,(H,20,24,26)(H,21,22,25). The monoisotopic (exact) mass is 450 g/mol. The molecule has 1 aliphatic rings. The van der Waals surface area contributed by atoms with Crippen LogP contribution in [-0.2, 0) is 0 Å². The van der Waals surface area contributed by atoms with Crippen LogP contribution in [0.4, 0.5) is 8.78 Å². The molecule has 0 unspecified atom stereocenters. The van der Waals surface area contributed by atoms with Crippen molar-refractivity contribution in [3.05, 3.63) is 54.0 Å². The molecule has 3 heterocycles. The maximum absolute atomic E-state index is 14.1. The fourth-order valence-corrected chi connectivity index (χ4v) is 4.61. The van der Waals surface area contributed by atoms with Crippen LogP contribution in [0.25, 0.3) is 0 Å². The summed E-state index contributed by atoms with van der Waals surface area (Å²) in [4.78, 5) is 26.1. The first-order valence-electron chi connectivity index (χ1n) is 8.24. The van der Waals surface area contributed by atoms with Crippen LogP contribution in [-0.4, -0.2) is 43.5 Å². The van der Waals surface area contributed by atoms with Crippen LogP contribution >= 0.6 is 35.3 Å². The second-order valence-electron chi connectivity index (χ2n) is 5.56. The normalized spacial score (nSPS) is 13.4. The largest absolute Gasteiger partial charge is 0.300 e. The average Bonchev–Trinajstić information content (AvgIpc) is 3.39. The number of carbonyl (C=O) groups is 1. The first-order chi connectivity index (χ1) is 14.1. The molecule has 7 nitrogen and oxygen atoms in total. The highest BCUT2D eigenvalue weighted by Gasteiger charge is 2.20. The topological polar surface area (TPSA) is 95.9 Å². The zero-order valence-corrected chi connectivity index (χ0v) is 17.0. The van der Waals surface area contributed by atoms with Crippen molar-refractivity contribution in [2.75, 3.05) is 12.3 Å². The summed E-state index contributed by atoms with van der Waals surface area (Å²) in [6.45, 7) is 0.636. The lowest BCUT2D eigenvalue weighted by atomic mass is 10.3. The van der Waals surface area contributed by atoms with Crippen LogP contribution in [0.2, 0.25) is 0 Å². The molecule has 1 aromatic carbocycles. The molecule has 1 amide bonds. The van der Waals surface area contributed by atoms with E-state index in [2.05, 4.69) is 30.5 Å². The maximum Gasteiger partial charge on any atom is 0.277 e. The molecule has 0 spiro atoms. The SMILES string of the molecule is O=C(NC1=NCCS1)c1nc(Sc2ncn[nH]2)ccc1Sc1ccc(F)cc1F. The Balaban J connectivity index is 1.65. The van der Waals surface area contributed by atoms with Crippen molar-refractivity contribution in [1.82, 2.24) is 25.5 Å². The number of halogens is 2. The Hall–Kier alpha value is -2.44. The number of aromatic nitrogens is 4. The first kappa shape index (κ1) is 19.9. The summed E-state index contributed by atoms with van der Waals surface area (Å²) in [6.07, 6.45) is 1.37. The minimum absolute atomic E-state index is 0.110. The molecule has 0 saturated carbocycles. The van der Waals surface area contributed by atoms with Gasteiger partial charge in [-0.25, -0.2) is 18.7 Å². The average molecular weight is 451 g/mol. The molecular weight excluding hydrogens is 438 g/mol. The van der Waals surface area contributed by atoms with E-state index < -0.39 is 17.5 Å². The van der Waals surface area contributed by atoms with E-state index in [1.54, 1.807) is 12.1 Å². The molecule has 0 bridgehead atoms. The summed E-state index contributed by atoms with van der Waals surface area (Å²) >= 11 is 3.64. The van der Waals surface area contributed by atoms with Crippen molar-refractivity contribution in [3.63, 3.8) is 0 Å². The van der Waals surface area contributed by atoms with Crippen LogP contribution in [0.5, 0.6) is 0 Å². The van der Waals surface area contributed by atoms with Crippen LogP contribution < -0.4 is 5.32 Å². The third kappa shape index (κ3) is 4.95. The highest BCUT2D eigenvalue weighted by Crippen LogP contribution is 2.34. The van der Waals surface area contributed by atoms with Gasteiger partial charge in [0.2, 0.25) is 0 Å². The van der Waals surface area contributed by atoms with Crippen molar-refractivity contribution in [1.29, 1.82) is 0 Å². The molecule has 0 radical (unpaired) electrons. The number of amidine groups is 1. The van der Waals surface area contributed by atoms with Gasteiger partial charge in [0, 0.05) is 21.6 Å². The number of pyridine rings is 1. The van der Waals surface area contributed by atoms with Crippen molar-refractivity contribution in [2.24, 2.45) is 4.99 Å². The van der Waals surface area contributed by atoms with Gasteiger partial charge < -0.3 is 0 Å². The van der Waals surface area contributed by atoms with Crippen molar-refractivity contribution in [3.8, 4) is 0 Å². The Morgan fingerprint density at radius 1 is 1.17 bits per heavy atom. The fraction of sp³-hybridized carbons (Fsp3) is 0.118. The summed E-state index contributed by atoms with van der Waals surface area (Å²) in [5.41, 5.74) is 0.110. The number of amides is 1. The molecule has 3 aromatic rings. The highest BCUT2D eigenvalue weighted by molar-refractivity contribution is 8.14. The summed E-state index contributed by atoms with van der Waals surface area (Å²) in [5, 5.41) is 10.8. The molecule has 29 heavy (non-hydrogen) atoms. The Bertz CT molecular complexity index is 1080. The molecule has 0 aliphatic carbocycles. The second kappa shape index (κ2) is 8.93. The summed E-state index contributed by atoms with van der Waals surface area (Å²) in [6, 6.07) is 6.64. The van der Waals surface area contributed by atoms with Crippen LogP contribution in [0.15, 0.2) is 61.6 Å². The number of benzene rings is 1. The second-order valence-corrected chi connectivity index (χ2v) is 8.73. The predicted molar refractivity (Wildman–Crippen MR) is 107 cm³/mol. The van der Waals surface area contributed by atoms with E-state index in [9.17, 15) is 13.6 Å². The molecular formula is C17H12F2N6OS3. The van der Waals surface area contributed by atoms with Gasteiger partial charge in [0.05, 0.1) is 6.54 Å². The number of thioether (sulfide) groups is 1. The van der Waals surface area contributed by atoms with E-state index in [0.29, 0.717) is 26.8 Å². The van der Waals surface area contributed by atoms with Crippen molar-refractivity contribution >= 4 is 46.4 Å². The molecule has 2 N–H and O–H groups in total. The van der Waals surface area contributed by atoms with E-state index in [1.165, 1.54) is 35.9 Å². The highest BCUT2D eigenvalue weighted by atomic mass is 32.2. The quantitative estimate of drug-likeness (QED) is 0.613. The molecule has 1 aliphatic heterocycles. The molecule has 0 saturated heterocycles. The van der Waals surface area contributed by atoms with E-state index in [-0.39, 0.29) is 10.6 Å². The Labute approximate surface area is 176 Å². The van der Waals surface area contributed by atoms with E-state index in [0.717, 1.165) is 29.6 Å². The third-order valence-electron chi connectivity index (χ3n) is 3.56. The van der Waals surface area contributed by atoms with Crippen LogP contribution in [0, 0.1) is 11.6 Å². The van der Waals surface area contributed by atoms with Gasteiger partial charge in [-0.15, -0.1) is 0 Å². The lowest BCUT2D eigenvalue weighted by Crippen LogP contribution is -2.28. The summed E-state index contributed by atoms with van der Waals surface area (Å²) < 4.78 is 27.3. The van der Waals surface area contributed by atoms with Gasteiger partial charge in [-0.3, -0.25) is 20.2 Å². The lowest BCUT2D eigenvalue weighted by molar-refractivity contribution is 0.0969. The van der Waals surface area contributed by atoms with E-state index in [1.807, 2.05) is 0 Å². The molecule has 0 fully saturated rings. The number of hydrogen-bond acceptors (Lipinski definition) is 8. The third-order valence-corrected chi connectivity index (χ3v) is 6.38. The minimum Gasteiger partial charge on any atom is -0.300 e. The zero-order chi connectivity index (χ0) is 20.2. The number of hydrogen-bond donors (Lipinski definition) is 2. The molecule has 4 rings (SSSR count). The van der Waals surface area contributed by atoms with Gasteiger partial charge in [0.25, 0.3) is 5.91 Å². The van der Waals surface area contributed by atoms with Gasteiger partial charge in [-0.1, -0.05) is 23.5 Å². The van der Waals surface area contributed by atoms with Crippen LogP contribution in [0.1, 0.15) is 10.5 Å². The number of nitrogens with one attached hydrogen (secondary N) is 2. The molecule has 2 aromatic heterocycles. The first-order valence-corrected chi connectivity index (χ1v) is 10.9. The predicted octanol–water partition coefficient (Wildman–Crippen LogP) is 3.61. The Kier molecular flexibility index (Phi) is 6.11. The fourth-order valence-electron chi connectivity index (χ4n) is 2.32. The van der Waals surface area contributed by atoms with Gasteiger partial charge >= 0.3 is 0 Å². The number of aliphatic imine (C=N–C) groups is 1. The lowest BCUT2D eigenvalue weighted by Gasteiger charge is -2.11. The number of carbonyl (C=O) groups excluding carboxylic acids is 1. The van der Waals surface area contributed by atoms with E-state index >= 15 is 0 Å². The van der Waals surface area contributed by atoms with Gasteiger partial charge in [0.1, 0.15) is 28.7 Å². The molecule has 0 atom stereocenters. The van der Waals surface area contributed by atoms with Crippen molar-refractivity contribution in [2.45, 2.75) is 20.0 Å². The number of nitrogens with zero attached hydrogens (tertiary/aromatic N) is 4. The zero-order valence-electron chi connectivity index (χ0n) is 14.6.